The monoisotopic (exact) mass is 320 g/mol. The van der Waals surface area contributed by atoms with Crippen LogP contribution in [-0.2, 0) is 11.3 Å². The third-order valence-electron chi connectivity index (χ3n) is 3.92. The number of carbonyl (C=O) groups is 1. The van der Waals surface area contributed by atoms with E-state index < -0.39 is 5.97 Å². The van der Waals surface area contributed by atoms with E-state index in [1.54, 1.807) is 17.4 Å². The number of rotatable bonds is 4. The number of nitrogens with zero attached hydrogens (tertiary/aromatic N) is 2. The molecule has 0 bridgehead atoms. The number of hydrogen-bond donors (Lipinski definition) is 0. The summed E-state index contributed by atoms with van der Waals surface area (Å²) in [6.45, 7) is 4.80. The lowest BCUT2D eigenvalue weighted by atomic mass is 9.98. The third kappa shape index (κ3) is 3.39. The Balaban J connectivity index is 1.63. The molecule has 0 aliphatic carbocycles. The van der Waals surface area contributed by atoms with Crippen LogP contribution in [0.1, 0.15) is 45.8 Å². The van der Waals surface area contributed by atoms with Crippen LogP contribution < -0.4 is 0 Å². The average Bonchev–Trinajstić information content (AvgIpc) is 3.16. The van der Waals surface area contributed by atoms with E-state index >= 15 is 0 Å². The normalized spacial score (nSPS) is 19.3. The van der Waals surface area contributed by atoms with Crippen molar-refractivity contribution in [2.75, 3.05) is 20.2 Å². The van der Waals surface area contributed by atoms with Crippen molar-refractivity contribution in [1.82, 2.24) is 9.88 Å². The van der Waals surface area contributed by atoms with Crippen molar-refractivity contribution in [3.05, 3.63) is 39.7 Å². The molecule has 3 rings (SSSR count). The van der Waals surface area contributed by atoms with Crippen LogP contribution in [0.5, 0.6) is 0 Å². The molecule has 0 saturated carbocycles. The minimum Gasteiger partial charge on any atom is -0.463 e. The van der Waals surface area contributed by atoms with E-state index in [-0.39, 0.29) is 5.76 Å². The molecule has 1 aliphatic rings. The predicted molar refractivity (Wildman–Crippen MR) is 84.2 cm³/mol. The van der Waals surface area contributed by atoms with E-state index in [1.165, 1.54) is 18.5 Å². The SMILES string of the molecule is COC(=O)c1ccc(CN2CCCC(c3nc(C)cs3)C2)o1. The predicted octanol–water partition coefficient (Wildman–Crippen LogP) is 3.21. The van der Waals surface area contributed by atoms with E-state index in [1.807, 2.05) is 13.0 Å². The highest BCUT2D eigenvalue weighted by molar-refractivity contribution is 7.09. The van der Waals surface area contributed by atoms with Gasteiger partial charge >= 0.3 is 5.97 Å². The first kappa shape index (κ1) is 15.2. The molecule has 1 atom stereocenters. The standard InChI is InChI=1S/C16H20N2O3S/c1-11-10-22-15(17-11)12-4-3-7-18(8-12)9-13-5-6-14(21-13)16(19)20-2/h5-6,10,12H,3-4,7-9H2,1-2H3. The average molecular weight is 320 g/mol. The highest BCUT2D eigenvalue weighted by Gasteiger charge is 2.24. The third-order valence-corrected chi connectivity index (χ3v) is 5.04. The second-order valence-corrected chi connectivity index (χ2v) is 6.55. The van der Waals surface area contributed by atoms with E-state index in [0.29, 0.717) is 5.92 Å². The Labute approximate surface area is 133 Å². The number of thiazole rings is 1. The van der Waals surface area contributed by atoms with Gasteiger partial charge in [-0.1, -0.05) is 0 Å². The largest absolute Gasteiger partial charge is 0.463 e. The van der Waals surface area contributed by atoms with Gasteiger partial charge in [-0.05, 0) is 38.4 Å². The molecule has 2 aromatic heterocycles. The molecule has 0 spiro atoms. The molecule has 0 radical (unpaired) electrons. The Kier molecular flexibility index (Phi) is 4.59. The second kappa shape index (κ2) is 6.62. The Morgan fingerprint density at radius 3 is 3.14 bits per heavy atom. The first-order valence-corrected chi connectivity index (χ1v) is 8.35. The Morgan fingerprint density at radius 2 is 2.41 bits per heavy atom. The van der Waals surface area contributed by atoms with Crippen molar-refractivity contribution >= 4 is 17.3 Å². The molecule has 0 aromatic carbocycles. The quantitative estimate of drug-likeness (QED) is 0.810. The summed E-state index contributed by atoms with van der Waals surface area (Å²) in [5, 5.41) is 3.35. The first-order chi connectivity index (χ1) is 10.7. The summed E-state index contributed by atoms with van der Waals surface area (Å²) in [6.07, 6.45) is 2.35. The Hall–Kier alpha value is -1.66. The van der Waals surface area contributed by atoms with Gasteiger partial charge in [-0.25, -0.2) is 9.78 Å². The van der Waals surface area contributed by atoms with Crippen molar-refractivity contribution in [2.24, 2.45) is 0 Å². The zero-order valence-electron chi connectivity index (χ0n) is 12.9. The van der Waals surface area contributed by atoms with Gasteiger partial charge in [0, 0.05) is 23.5 Å². The van der Waals surface area contributed by atoms with E-state index in [9.17, 15) is 4.79 Å². The number of aryl methyl sites for hydroxylation is 1. The van der Waals surface area contributed by atoms with Crippen molar-refractivity contribution in [2.45, 2.75) is 32.2 Å². The number of carbonyl (C=O) groups excluding carboxylic acids is 1. The molecule has 6 heteroatoms. The van der Waals surface area contributed by atoms with Gasteiger partial charge in [0.15, 0.2) is 0 Å². The van der Waals surface area contributed by atoms with Gasteiger partial charge in [0.1, 0.15) is 5.76 Å². The number of ether oxygens (including phenoxy) is 1. The van der Waals surface area contributed by atoms with Gasteiger partial charge in [-0.3, -0.25) is 4.90 Å². The molecule has 5 nitrogen and oxygen atoms in total. The van der Waals surface area contributed by atoms with E-state index in [0.717, 1.165) is 37.5 Å². The number of piperidine rings is 1. The summed E-state index contributed by atoms with van der Waals surface area (Å²) >= 11 is 1.75. The lowest BCUT2D eigenvalue weighted by Crippen LogP contribution is -2.33. The summed E-state index contributed by atoms with van der Waals surface area (Å²) in [5.74, 6) is 1.14. The summed E-state index contributed by atoms with van der Waals surface area (Å²) in [6, 6.07) is 3.52. The molecule has 1 aliphatic heterocycles. The summed E-state index contributed by atoms with van der Waals surface area (Å²) < 4.78 is 10.2. The molecule has 1 unspecified atom stereocenters. The summed E-state index contributed by atoms with van der Waals surface area (Å²) in [5.41, 5.74) is 1.10. The Bertz CT molecular complexity index is 649. The number of hydrogen-bond acceptors (Lipinski definition) is 6. The second-order valence-electron chi connectivity index (χ2n) is 5.66. The fourth-order valence-electron chi connectivity index (χ4n) is 2.85. The van der Waals surface area contributed by atoms with Crippen molar-refractivity contribution in [3.63, 3.8) is 0 Å². The number of furan rings is 1. The Morgan fingerprint density at radius 1 is 1.55 bits per heavy atom. The highest BCUT2D eigenvalue weighted by atomic mass is 32.1. The smallest absolute Gasteiger partial charge is 0.373 e. The van der Waals surface area contributed by atoms with Crippen LogP contribution in [0.15, 0.2) is 21.9 Å². The maximum absolute atomic E-state index is 11.4. The summed E-state index contributed by atoms with van der Waals surface area (Å²) in [4.78, 5) is 18.4. The van der Waals surface area contributed by atoms with Crippen LogP contribution in [0, 0.1) is 6.92 Å². The lowest BCUT2D eigenvalue weighted by molar-refractivity contribution is 0.0560. The van der Waals surface area contributed by atoms with Gasteiger partial charge in [-0.15, -0.1) is 11.3 Å². The molecule has 0 amide bonds. The van der Waals surface area contributed by atoms with E-state index in [2.05, 4.69) is 20.0 Å². The van der Waals surface area contributed by atoms with E-state index in [4.69, 9.17) is 4.42 Å². The van der Waals surface area contributed by atoms with Crippen LogP contribution in [-0.4, -0.2) is 36.1 Å². The van der Waals surface area contributed by atoms with Crippen LogP contribution in [0.2, 0.25) is 0 Å². The first-order valence-electron chi connectivity index (χ1n) is 7.47. The highest BCUT2D eigenvalue weighted by Crippen LogP contribution is 2.30. The van der Waals surface area contributed by atoms with Gasteiger partial charge in [0.2, 0.25) is 5.76 Å². The van der Waals surface area contributed by atoms with Crippen molar-refractivity contribution in [1.29, 1.82) is 0 Å². The van der Waals surface area contributed by atoms with Gasteiger partial charge < -0.3 is 9.15 Å². The van der Waals surface area contributed by atoms with Gasteiger partial charge in [-0.2, -0.15) is 0 Å². The fourth-order valence-corrected chi connectivity index (χ4v) is 3.78. The van der Waals surface area contributed by atoms with Crippen LogP contribution >= 0.6 is 11.3 Å². The lowest BCUT2D eigenvalue weighted by Gasteiger charge is -2.31. The molecule has 0 N–H and O–H groups in total. The number of esters is 1. The zero-order chi connectivity index (χ0) is 15.5. The molecule has 1 saturated heterocycles. The van der Waals surface area contributed by atoms with Gasteiger partial charge in [0.25, 0.3) is 0 Å². The van der Waals surface area contributed by atoms with Crippen LogP contribution in [0.3, 0.4) is 0 Å². The zero-order valence-corrected chi connectivity index (χ0v) is 13.7. The maximum Gasteiger partial charge on any atom is 0.373 e. The minimum atomic E-state index is -0.430. The van der Waals surface area contributed by atoms with Crippen LogP contribution in [0.25, 0.3) is 0 Å². The fraction of sp³-hybridized carbons (Fsp3) is 0.500. The molecular weight excluding hydrogens is 300 g/mol. The molecule has 22 heavy (non-hydrogen) atoms. The van der Waals surface area contributed by atoms with Crippen LogP contribution in [0.4, 0.5) is 0 Å². The minimum absolute atomic E-state index is 0.265. The maximum atomic E-state index is 11.4. The number of aromatic nitrogens is 1. The number of methoxy groups -OCH3 is 1. The topological polar surface area (TPSA) is 55.6 Å². The molecule has 2 aromatic rings. The van der Waals surface area contributed by atoms with Gasteiger partial charge in [0.05, 0.1) is 18.7 Å². The number of likely N-dealkylation sites (tertiary alicyclic amines) is 1. The van der Waals surface area contributed by atoms with Crippen molar-refractivity contribution in [3.8, 4) is 0 Å². The molecule has 118 valence electrons. The van der Waals surface area contributed by atoms with Crippen molar-refractivity contribution < 1.29 is 13.9 Å². The molecule has 1 fully saturated rings. The molecule has 3 heterocycles. The summed E-state index contributed by atoms with van der Waals surface area (Å²) in [7, 11) is 1.36. The molecular formula is C16H20N2O3S.